The number of carbonyl (C=O) groups is 1. The molecule has 0 aliphatic rings. The van der Waals surface area contributed by atoms with E-state index < -0.39 is 5.97 Å². The highest BCUT2D eigenvalue weighted by molar-refractivity contribution is 5.87. The molecule has 0 radical (unpaired) electrons. The maximum absolute atomic E-state index is 10.8. The molecular weight excluding hydrogens is 258 g/mol. The molecule has 106 valence electrons. The summed E-state index contributed by atoms with van der Waals surface area (Å²) in [5, 5.41) is 12.1. The average molecular weight is 275 g/mol. The van der Waals surface area contributed by atoms with Gasteiger partial charge < -0.3 is 19.6 Å². The fraction of sp³-hybridized carbons (Fsp3) is 0.267. The van der Waals surface area contributed by atoms with Gasteiger partial charge in [0.15, 0.2) is 0 Å². The molecule has 0 atom stereocenters. The van der Waals surface area contributed by atoms with Gasteiger partial charge in [-0.15, -0.1) is 0 Å². The molecular formula is C15H17NO4. The first-order valence-corrected chi connectivity index (χ1v) is 6.45. The van der Waals surface area contributed by atoms with Crippen molar-refractivity contribution in [3.63, 3.8) is 0 Å². The fourth-order valence-electron chi connectivity index (χ4n) is 1.75. The molecule has 2 N–H and O–H groups in total. The maximum atomic E-state index is 10.8. The molecule has 1 heterocycles. The summed E-state index contributed by atoms with van der Waals surface area (Å²) in [6.07, 6.45) is 2.50. The Bertz CT molecular complexity index is 537. The van der Waals surface area contributed by atoms with Crippen molar-refractivity contribution >= 4 is 5.97 Å². The maximum Gasteiger partial charge on any atom is 0.335 e. The van der Waals surface area contributed by atoms with E-state index in [-0.39, 0.29) is 5.56 Å². The van der Waals surface area contributed by atoms with Gasteiger partial charge in [-0.3, -0.25) is 0 Å². The summed E-state index contributed by atoms with van der Waals surface area (Å²) >= 11 is 0. The molecule has 2 rings (SSSR count). The van der Waals surface area contributed by atoms with Crippen LogP contribution in [0.2, 0.25) is 0 Å². The van der Waals surface area contributed by atoms with Crippen LogP contribution >= 0.6 is 0 Å². The van der Waals surface area contributed by atoms with E-state index >= 15 is 0 Å². The summed E-state index contributed by atoms with van der Waals surface area (Å²) in [5.41, 5.74) is 0.230. The highest BCUT2D eigenvalue weighted by Crippen LogP contribution is 2.12. The first-order chi connectivity index (χ1) is 9.75. The molecule has 0 spiro atoms. The third kappa shape index (κ3) is 4.44. The molecule has 1 aromatic carbocycles. The van der Waals surface area contributed by atoms with E-state index in [0.717, 1.165) is 18.7 Å². The molecule has 0 fully saturated rings. The van der Waals surface area contributed by atoms with Crippen LogP contribution in [0.25, 0.3) is 0 Å². The number of benzene rings is 1. The van der Waals surface area contributed by atoms with Crippen molar-refractivity contribution in [3.05, 3.63) is 54.0 Å². The Morgan fingerprint density at radius 1 is 1.25 bits per heavy atom. The monoisotopic (exact) mass is 275 g/mol. The number of furan rings is 1. The smallest absolute Gasteiger partial charge is 0.335 e. The van der Waals surface area contributed by atoms with E-state index in [1.165, 1.54) is 12.1 Å². The average Bonchev–Trinajstić information content (AvgIpc) is 2.96. The normalized spacial score (nSPS) is 10.4. The van der Waals surface area contributed by atoms with Crippen LogP contribution in [0.1, 0.15) is 16.1 Å². The van der Waals surface area contributed by atoms with Gasteiger partial charge in [0.05, 0.1) is 11.8 Å². The Balaban J connectivity index is 1.63. The second-order valence-electron chi connectivity index (χ2n) is 4.26. The Hall–Kier alpha value is -2.27. The molecule has 2 aromatic rings. The predicted octanol–water partition coefficient (Wildman–Crippen LogP) is 2.19. The van der Waals surface area contributed by atoms with Gasteiger partial charge in [0.1, 0.15) is 18.1 Å². The Kier molecular flexibility index (Phi) is 5.20. The van der Waals surface area contributed by atoms with Crippen LogP contribution in [-0.2, 0) is 6.42 Å². The quantitative estimate of drug-likeness (QED) is 0.723. The number of aromatic carboxylic acids is 1. The van der Waals surface area contributed by atoms with Crippen LogP contribution in [0.15, 0.2) is 47.1 Å². The molecule has 5 nitrogen and oxygen atoms in total. The molecule has 1 aromatic heterocycles. The van der Waals surface area contributed by atoms with Crippen molar-refractivity contribution in [3.8, 4) is 5.75 Å². The summed E-state index contributed by atoms with van der Waals surface area (Å²) < 4.78 is 10.7. The summed E-state index contributed by atoms with van der Waals surface area (Å²) in [6, 6.07) is 10.3. The minimum atomic E-state index is -0.952. The molecule has 0 saturated heterocycles. The summed E-state index contributed by atoms with van der Waals surface area (Å²) in [6.45, 7) is 1.99. The van der Waals surface area contributed by atoms with Gasteiger partial charge in [-0.25, -0.2) is 4.79 Å². The number of hydrogen-bond acceptors (Lipinski definition) is 4. The van der Waals surface area contributed by atoms with Crippen LogP contribution in [0.4, 0.5) is 0 Å². The van der Waals surface area contributed by atoms with E-state index in [2.05, 4.69) is 5.32 Å². The zero-order chi connectivity index (χ0) is 14.2. The molecule has 0 bridgehead atoms. The lowest BCUT2D eigenvalue weighted by molar-refractivity contribution is 0.0696. The number of carboxylic acids is 1. The topological polar surface area (TPSA) is 71.7 Å². The van der Waals surface area contributed by atoms with Crippen LogP contribution < -0.4 is 10.1 Å². The second-order valence-corrected chi connectivity index (χ2v) is 4.26. The first-order valence-electron chi connectivity index (χ1n) is 6.45. The minimum Gasteiger partial charge on any atom is -0.492 e. The SMILES string of the molecule is O=C(O)c1cccc(OCCNCCc2ccco2)c1. The zero-order valence-electron chi connectivity index (χ0n) is 11.0. The number of carboxylic acid groups (broad SMARTS) is 1. The van der Waals surface area contributed by atoms with Crippen molar-refractivity contribution in [1.82, 2.24) is 5.32 Å². The van der Waals surface area contributed by atoms with Crippen LogP contribution in [0, 0.1) is 0 Å². The summed E-state index contributed by atoms with van der Waals surface area (Å²) in [5.74, 6) is 0.567. The van der Waals surface area contributed by atoms with Gasteiger partial charge >= 0.3 is 5.97 Å². The number of rotatable bonds is 8. The van der Waals surface area contributed by atoms with Gasteiger partial charge in [-0.1, -0.05) is 6.07 Å². The Labute approximate surface area is 117 Å². The van der Waals surface area contributed by atoms with E-state index in [4.69, 9.17) is 14.3 Å². The number of nitrogens with one attached hydrogen (secondary N) is 1. The predicted molar refractivity (Wildman–Crippen MR) is 74.2 cm³/mol. The lowest BCUT2D eigenvalue weighted by Gasteiger charge is -2.07. The van der Waals surface area contributed by atoms with Crippen LogP contribution in [0.5, 0.6) is 5.75 Å². The Morgan fingerprint density at radius 3 is 2.90 bits per heavy atom. The van der Waals surface area contributed by atoms with E-state index in [9.17, 15) is 4.79 Å². The van der Waals surface area contributed by atoms with Crippen molar-refractivity contribution in [2.45, 2.75) is 6.42 Å². The molecule has 0 saturated carbocycles. The third-order valence-corrected chi connectivity index (χ3v) is 2.76. The molecule has 0 aliphatic heterocycles. The van der Waals surface area contributed by atoms with Gasteiger partial charge in [-0.05, 0) is 30.3 Å². The van der Waals surface area contributed by atoms with E-state index in [1.54, 1.807) is 18.4 Å². The van der Waals surface area contributed by atoms with Crippen LogP contribution in [-0.4, -0.2) is 30.8 Å². The standard InChI is InChI=1S/C15H17NO4/c17-15(18)12-3-1-4-14(11-12)20-10-8-16-7-6-13-5-2-9-19-13/h1-5,9,11,16H,6-8,10H2,(H,17,18). The lowest BCUT2D eigenvalue weighted by atomic mass is 10.2. The first kappa shape index (κ1) is 14.1. The fourth-order valence-corrected chi connectivity index (χ4v) is 1.75. The molecule has 0 amide bonds. The Morgan fingerprint density at radius 2 is 2.15 bits per heavy atom. The van der Waals surface area contributed by atoms with E-state index in [1.807, 2.05) is 12.1 Å². The van der Waals surface area contributed by atoms with Gasteiger partial charge in [0.2, 0.25) is 0 Å². The molecule has 0 aliphatic carbocycles. The van der Waals surface area contributed by atoms with Crippen molar-refractivity contribution < 1.29 is 19.1 Å². The summed E-state index contributed by atoms with van der Waals surface area (Å²) in [7, 11) is 0. The highest BCUT2D eigenvalue weighted by atomic mass is 16.5. The molecule has 5 heteroatoms. The van der Waals surface area contributed by atoms with Gasteiger partial charge in [-0.2, -0.15) is 0 Å². The van der Waals surface area contributed by atoms with Gasteiger partial charge in [0, 0.05) is 19.5 Å². The van der Waals surface area contributed by atoms with E-state index in [0.29, 0.717) is 18.9 Å². The van der Waals surface area contributed by atoms with Crippen molar-refractivity contribution in [1.29, 1.82) is 0 Å². The van der Waals surface area contributed by atoms with Gasteiger partial charge in [0.25, 0.3) is 0 Å². The largest absolute Gasteiger partial charge is 0.492 e. The molecule has 20 heavy (non-hydrogen) atoms. The number of ether oxygens (including phenoxy) is 1. The molecule has 0 unspecified atom stereocenters. The third-order valence-electron chi connectivity index (χ3n) is 2.76. The lowest BCUT2D eigenvalue weighted by Crippen LogP contribution is -2.23. The highest BCUT2D eigenvalue weighted by Gasteiger charge is 2.03. The van der Waals surface area contributed by atoms with Crippen LogP contribution in [0.3, 0.4) is 0 Å². The second kappa shape index (κ2) is 7.35. The number of hydrogen-bond donors (Lipinski definition) is 2. The summed E-state index contributed by atoms with van der Waals surface area (Å²) in [4.78, 5) is 10.8. The minimum absolute atomic E-state index is 0.230. The zero-order valence-corrected chi connectivity index (χ0v) is 11.0. The van der Waals surface area contributed by atoms with Crippen molar-refractivity contribution in [2.24, 2.45) is 0 Å². The van der Waals surface area contributed by atoms with Crippen molar-refractivity contribution in [2.75, 3.05) is 19.7 Å².